The first kappa shape index (κ1) is 16.3. The van der Waals surface area contributed by atoms with Crippen LogP contribution in [0.3, 0.4) is 0 Å². The lowest BCUT2D eigenvalue weighted by atomic mass is 9.98. The molecule has 1 aromatic carbocycles. The van der Waals surface area contributed by atoms with Gasteiger partial charge < -0.3 is 10.6 Å². The molecule has 1 heterocycles. The van der Waals surface area contributed by atoms with Gasteiger partial charge in [0.15, 0.2) is 0 Å². The third-order valence-electron chi connectivity index (χ3n) is 4.39. The maximum absolute atomic E-state index is 12.4. The molecule has 1 aliphatic heterocycles. The van der Waals surface area contributed by atoms with E-state index in [4.69, 9.17) is 5.73 Å². The molecule has 1 aliphatic rings. The summed E-state index contributed by atoms with van der Waals surface area (Å²) in [7, 11) is -1.38. The van der Waals surface area contributed by atoms with Crippen LogP contribution in [0.5, 0.6) is 0 Å². The Morgan fingerprint density at radius 2 is 1.90 bits per heavy atom. The van der Waals surface area contributed by atoms with Crippen molar-refractivity contribution in [3.05, 3.63) is 23.3 Å². The normalized spacial score (nSPS) is 18.0. The van der Waals surface area contributed by atoms with Gasteiger partial charge >= 0.3 is 0 Å². The summed E-state index contributed by atoms with van der Waals surface area (Å²) in [4.78, 5) is 2.53. The molecule has 1 fully saturated rings. The number of benzene rings is 1. The van der Waals surface area contributed by atoms with Crippen molar-refractivity contribution in [2.24, 2.45) is 5.92 Å². The van der Waals surface area contributed by atoms with E-state index in [1.54, 1.807) is 12.1 Å². The largest absolute Gasteiger partial charge is 0.398 e. The van der Waals surface area contributed by atoms with Crippen molar-refractivity contribution < 1.29 is 8.42 Å². The molecule has 0 atom stereocenters. The molecule has 0 saturated carbocycles. The van der Waals surface area contributed by atoms with Gasteiger partial charge in [-0.3, -0.25) is 0 Å². The predicted octanol–water partition coefficient (Wildman–Crippen LogP) is 1.51. The molecule has 21 heavy (non-hydrogen) atoms. The SMILES string of the molecule is Cc1cc(S(=O)(=O)NCC2CCN(C)CC2)cc(N)c1C. The van der Waals surface area contributed by atoms with Gasteiger partial charge in [-0.25, -0.2) is 13.1 Å². The molecule has 118 valence electrons. The highest BCUT2D eigenvalue weighted by atomic mass is 32.2. The van der Waals surface area contributed by atoms with Crippen LogP contribution in [-0.2, 0) is 10.0 Å². The fraction of sp³-hybridized carbons (Fsp3) is 0.600. The molecule has 5 nitrogen and oxygen atoms in total. The summed E-state index contributed by atoms with van der Waals surface area (Å²) < 4.78 is 27.5. The van der Waals surface area contributed by atoms with Crippen molar-refractivity contribution in [1.29, 1.82) is 0 Å². The fourth-order valence-electron chi connectivity index (χ4n) is 2.58. The number of hydrogen-bond acceptors (Lipinski definition) is 4. The van der Waals surface area contributed by atoms with E-state index in [9.17, 15) is 8.42 Å². The number of sulfonamides is 1. The molecule has 6 heteroatoms. The van der Waals surface area contributed by atoms with Gasteiger partial charge in [0.1, 0.15) is 0 Å². The van der Waals surface area contributed by atoms with Crippen molar-refractivity contribution in [1.82, 2.24) is 9.62 Å². The standard InChI is InChI=1S/C15H25N3O2S/c1-11-8-14(9-15(16)12(11)2)21(19,20)17-10-13-4-6-18(3)7-5-13/h8-9,13,17H,4-7,10,16H2,1-3H3. The number of piperidine rings is 1. The maximum Gasteiger partial charge on any atom is 0.240 e. The molecule has 0 amide bonds. The Hall–Kier alpha value is -1.11. The molecule has 3 N–H and O–H groups in total. The monoisotopic (exact) mass is 311 g/mol. The van der Waals surface area contributed by atoms with E-state index >= 15 is 0 Å². The van der Waals surface area contributed by atoms with Crippen LogP contribution in [0.4, 0.5) is 5.69 Å². The van der Waals surface area contributed by atoms with Gasteiger partial charge in [-0.15, -0.1) is 0 Å². The van der Waals surface area contributed by atoms with E-state index < -0.39 is 10.0 Å². The van der Waals surface area contributed by atoms with Gasteiger partial charge in [0.2, 0.25) is 10.0 Å². The smallest absolute Gasteiger partial charge is 0.240 e. The van der Waals surface area contributed by atoms with Crippen LogP contribution in [0, 0.1) is 19.8 Å². The zero-order valence-corrected chi connectivity index (χ0v) is 13.8. The Labute approximate surface area is 127 Å². The second-order valence-electron chi connectivity index (χ2n) is 6.05. The third-order valence-corrected chi connectivity index (χ3v) is 5.79. The number of hydrogen-bond donors (Lipinski definition) is 2. The number of nitrogens with two attached hydrogens (primary N) is 1. The lowest BCUT2D eigenvalue weighted by molar-refractivity contribution is 0.220. The number of anilines is 1. The highest BCUT2D eigenvalue weighted by Gasteiger charge is 2.21. The number of likely N-dealkylation sites (tertiary alicyclic amines) is 1. The zero-order chi connectivity index (χ0) is 15.6. The van der Waals surface area contributed by atoms with Crippen LogP contribution in [0.15, 0.2) is 17.0 Å². The molecule has 0 aliphatic carbocycles. The third kappa shape index (κ3) is 3.96. The van der Waals surface area contributed by atoms with Gasteiger partial charge in [0.25, 0.3) is 0 Å². The molecule has 0 aromatic heterocycles. The molecular formula is C15H25N3O2S. The topological polar surface area (TPSA) is 75.4 Å². The van der Waals surface area contributed by atoms with Gasteiger partial charge in [-0.05, 0) is 76.0 Å². The van der Waals surface area contributed by atoms with E-state index in [2.05, 4.69) is 16.7 Å². The van der Waals surface area contributed by atoms with Gasteiger partial charge in [-0.1, -0.05) is 0 Å². The summed E-state index contributed by atoms with van der Waals surface area (Å²) >= 11 is 0. The van der Waals surface area contributed by atoms with E-state index in [1.807, 2.05) is 13.8 Å². The number of nitrogens with zero attached hydrogens (tertiary/aromatic N) is 1. The van der Waals surface area contributed by atoms with Gasteiger partial charge in [0.05, 0.1) is 4.90 Å². The van der Waals surface area contributed by atoms with E-state index in [-0.39, 0.29) is 4.90 Å². The first-order chi connectivity index (χ1) is 9.79. The van der Waals surface area contributed by atoms with E-state index in [0.29, 0.717) is 18.2 Å². The minimum atomic E-state index is -3.48. The molecule has 0 bridgehead atoms. The Kier molecular flexibility index (Phi) is 4.91. The summed E-state index contributed by atoms with van der Waals surface area (Å²) in [5.74, 6) is 0.417. The van der Waals surface area contributed by atoms with Crippen molar-refractivity contribution in [3.63, 3.8) is 0 Å². The Balaban J connectivity index is 2.05. The van der Waals surface area contributed by atoms with Crippen LogP contribution in [0.1, 0.15) is 24.0 Å². The molecule has 0 radical (unpaired) electrons. The summed E-state index contributed by atoms with van der Waals surface area (Å²) in [6.45, 7) is 6.34. The first-order valence-electron chi connectivity index (χ1n) is 7.34. The molecule has 2 rings (SSSR count). The summed E-state index contributed by atoms with van der Waals surface area (Å²) in [5.41, 5.74) is 8.23. The zero-order valence-electron chi connectivity index (χ0n) is 13.0. The highest BCUT2D eigenvalue weighted by molar-refractivity contribution is 7.89. The Morgan fingerprint density at radius 1 is 1.29 bits per heavy atom. The molecule has 0 unspecified atom stereocenters. The predicted molar refractivity (Wildman–Crippen MR) is 85.7 cm³/mol. The van der Waals surface area contributed by atoms with E-state index in [0.717, 1.165) is 37.1 Å². The molecular weight excluding hydrogens is 286 g/mol. The Bertz CT molecular complexity index is 582. The summed E-state index contributed by atoms with van der Waals surface area (Å²) in [6, 6.07) is 3.22. The Morgan fingerprint density at radius 3 is 2.48 bits per heavy atom. The van der Waals surface area contributed by atoms with Crippen LogP contribution in [0.25, 0.3) is 0 Å². The van der Waals surface area contributed by atoms with Crippen LogP contribution in [-0.4, -0.2) is 40.0 Å². The fourth-order valence-corrected chi connectivity index (χ4v) is 3.82. The molecule has 1 saturated heterocycles. The van der Waals surface area contributed by atoms with Gasteiger partial charge in [-0.2, -0.15) is 0 Å². The number of aryl methyl sites for hydroxylation is 1. The average Bonchev–Trinajstić information content (AvgIpc) is 2.43. The molecule has 0 spiro atoms. The van der Waals surface area contributed by atoms with Crippen molar-refractivity contribution in [3.8, 4) is 0 Å². The average molecular weight is 311 g/mol. The van der Waals surface area contributed by atoms with E-state index in [1.165, 1.54) is 0 Å². The first-order valence-corrected chi connectivity index (χ1v) is 8.83. The maximum atomic E-state index is 12.4. The summed E-state index contributed by atoms with van der Waals surface area (Å²) in [6.07, 6.45) is 2.07. The van der Waals surface area contributed by atoms with Crippen molar-refractivity contribution in [2.75, 3.05) is 32.4 Å². The highest BCUT2D eigenvalue weighted by Crippen LogP contribution is 2.22. The molecule has 1 aromatic rings. The quantitative estimate of drug-likeness (QED) is 0.827. The number of nitrogen functional groups attached to an aromatic ring is 1. The van der Waals surface area contributed by atoms with Crippen LogP contribution in [0.2, 0.25) is 0 Å². The second-order valence-corrected chi connectivity index (χ2v) is 7.82. The number of nitrogens with one attached hydrogen (secondary N) is 1. The lowest BCUT2D eigenvalue weighted by Crippen LogP contribution is -2.36. The van der Waals surface area contributed by atoms with Crippen LogP contribution >= 0.6 is 0 Å². The van der Waals surface area contributed by atoms with Gasteiger partial charge in [0, 0.05) is 12.2 Å². The summed E-state index contributed by atoms with van der Waals surface area (Å²) in [5, 5.41) is 0. The van der Waals surface area contributed by atoms with Crippen molar-refractivity contribution >= 4 is 15.7 Å². The van der Waals surface area contributed by atoms with Crippen molar-refractivity contribution in [2.45, 2.75) is 31.6 Å². The minimum absolute atomic E-state index is 0.260. The lowest BCUT2D eigenvalue weighted by Gasteiger charge is -2.28. The second kappa shape index (κ2) is 6.34. The van der Waals surface area contributed by atoms with Crippen LogP contribution < -0.4 is 10.5 Å². The number of rotatable bonds is 4. The minimum Gasteiger partial charge on any atom is -0.398 e.